The van der Waals surface area contributed by atoms with Crippen LogP contribution in [-0.2, 0) is 22.9 Å². The van der Waals surface area contributed by atoms with Gasteiger partial charge in [-0.15, -0.1) is 0 Å². The van der Waals surface area contributed by atoms with Crippen LogP contribution in [0.5, 0.6) is 0 Å². The fourth-order valence-electron chi connectivity index (χ4n) is 2.84. The number of sulfonamides is 1. The Balaban J connectivity index is 1.95. The van der Waals surface area contributed by atoms with E-state index in [2.05, 4.69) is 4.72 Å². The summed E-state index contributed by atoms with van der Waals surface area (Å²) in [6.45, 7) is 0. The van der Waals surface area contributed by atoms with Gasteiger partial charge in [-0.2, -0.15) is 0 Å². The fourth-order valence-corrected chi connectivity index (χ4v) is 3.97. The smallest absolute Gasteiger partial charge is 0.337 e. The lowest BCUT2D eigenvalue weighted by Gasteiger charge is -2.17. The summed E-state index contributed by atoms with van der Waals surface area (Å²) in [7, 11) is -3.82. The van der Waals surface area contributed by atoms with E-state index in [0.717, 1.165) is 31.2 Å². The standard InChI is InChI=1S/C17H17NO4S/c19-17(20)15-7-3-4-8-16(15)18-23(21,22)14-10-9-12-5-1-2-6-13(12)11-14/h3-4,7-11,18H,1-2,5-6H2,(H,19,20). The number of nitrogens with one attached hydrogen (secondary N) is 1. The molecule has 2 aromatic rings. The van der Waals surface area contributed by atoms with Gasteiger partial charge < -0.3 is 5.11 Å². The summed E-state index contributed by atoms with van der Waals surface area (Å²) >= 11 is 0. The van der Waals surface area contributed by atoms with Crippen molar-refractivity contribution in [2.75, 3.05) is 4.72 Å². The molecule has 6 heteroatoms. The summed E-state index contributed by atoms with van der Waals surface area (Å²) < 4.78 is 27.5. The molecular formula is C17H17NO4S. The Labute approximate surface area is 135 Å². The molecule has 120 valence electrons. The Morgan fingerprint density at radius 3 is 2.43 bits per heavy atom. The van der Waals surface area contributed by atoms with Crippen LogP contribution in [0.1, 0.15) is 34.3 Å². The normalized spacial score (nSPS) is 14.1. The Bertz CT molecular complexity index is 859. The van der Waals surface area contributed by atoms with Crippen LogP contribution in [0.15, 0.2) is 47.4 Å². The quantitative estimate of drug-likeness (QED) is 0.902. The lowest BCUT2D eigenvalue weighted by Crippen LogP contribution is -2.16. The highest BCUT2D eigenvalue weighted by Gasteiger charge is 2.20. The molecule has 0 spiro atoms. The number of aromatic carboxylic acids is 1. The monoisotopic (exact) mass is 331 g/mol. The second-order valence-electron chi connectivity index (χ2n) is 5.59. The van der Waals surface area contributed by atoms with Crippen molar-refractivity contribution in [1.82, 2.24) is 0 Å². The van der Waals surface area contributed by atoms with Crippen LogP contribution in [0, 0.1) is 0 Å². The Hall–Kier alpha value is -2.34. The Morgan fingerprint density at radius 2 is 1.70 bits per heavy atom. The molecule has 0 amide bonds. The first kappa shape index (κ1) is 15.6. The minimum Gasteiger partial charge on any atom is -0.478 e. The van der Waals surface area contributed by atoms with Gasteiger partial charge in [-0.25, -0.2) is 13.2 Å². The number of hydrogen-bond donors (Lipinski definition) is 2. The number of anilines is 1. The molecule has 0 atom stereocenters. The molecule has 2 aromatic carbocycles. The average molecular weight is 331 g/mol. The first-order valence-corrected chi connectivity index (χ1v) is 8.92. The highest BCUT2D eigenvalue weighted by atomic mass is 32.2. The third-order valence-corrected chi connectivity index (χ3v) is 5.40. The molecule has 0 aromatic heterocycles. The lowest BCUT2D eigenvalue weighted by molar-refractivity contribution is 0.0698. The maximum Gasteiger partial charge on any atom is 0.337 e. The van der Waals surface area contributed by atoms with Crippen molar-refractivity contribution >= 4 is 21.7 Å². The molecule has 0 bridgehead atoms. The first-order valence-electron chi connectivity index (χ1n) is 7.44. The molecule has 2 N–H and O–H groups in total. The third-order valence-electron chi connectivity index (χ3n) is 4.03. The zero-order valence-corrected chi connectivity index (χ0v) is 13.3. The molecule has 0 heterocycles. The summed E-state index contributed by atoms with van der Waals surface area (Å²) in [5.41, 5.74) is 2.25. The van der Waals surface area contributed by atoms with E-state index >= 15 is 0 Å². The summed E-state index contributed by atoms with van der Waals surface area (Å²) in [4.78, 5) is 11.4. The van der Waals surface area contributed by atoms with Crippen molar-refractivity contribution in [2.24, 2.45) is 0 Å². The van der Waals surface area contributed by atoms with Crippen LogP contribution in [0.25, 0.3) is 0 Å². The topological polar surface area (TPSA) is 83.5 Å². The number of fused-ring (bicyclic) bond motifs is 1. The molecule has 0 aliphatic heterocycles. The molecule has 23 heavy (non-hydrogen) atoms. The summed E-state index contributed by atoms with van der Waals surface area (Å²) in [6.07, 6.45) is 4.05. The van der Waals surface area contributed by atoms with Crippen molar-refractivity contribution in [3.63, 3.8) is 0 Å². The van der Waals surface area contributed by atoms with Crippen molar-refractivity contribution in [3.8, 4) is 0 Å². The molecule has 5 nitrogen and oxygen atoms in total. The van der Waals surface area contributed by atoms with E-state index in [0.29, 0.717) is 0 Å². The second kappa shape index (κ2) is 6.04. The van der Waals surface area contributed by atoms with Gasteiger partial charge in [-0.3, -0.25) is 4.72 Å². The number of aryl methyl sites for hydroxylation is 2. The maximum absolute atomic E-state index is 12.6. The molecule has 0 radical (unpaired) electrons. The fraction of sp³-hybridized carbons (Fsp3) is 0.235. The van der Waals surface area contributed by atoms with Crippen molar-refractivity contribution in [3.05, 3.63) is 59.2 Å². The van der Waals surface area contributed by atoms with Gasteiger partial charge in [0.15, 0.2) is 0 Å². The van der Waals surface area contributed by atoms with Gasteiger partial charge in [0.25, 0.3) is 10.0 Å². The van der Waals surface area contributed by atoms with Gasteiger partial charge in [0.2, 0.25) is 0 Å². The van der Waals surface area contributed by atoms with Crippen LogP contribution in [0.4, 0.5) is 5.69 Å². The van der Waals surface area contributed by atoms with E-state index < -0.39 is 16.0 Å². The number of rotatable bonds is 4. The number of benzene rings is 2. The van der Waals surface area contributed by atoms with Crippen LogP contribution in [-0.4, -0.2) is 19.5 Å². The van der Waals surface area contributed by atoms with Gasteiger partial charge in [0.05, 0.1) is 16.1 Å². The van der Waals surface area contributed by atoms with Crippen molar-refractivity contribution in [2.45, 2.75) is 30.6 Å². The van der Waals surface area contributed by atoms with Crippen molar-refractivity contribution in [1.29, 1.82) is 0 Å². The van der Waals surface area contributed by atoms with Gasteiger partial charge in [0.1, 0.15) is 0 Å². The SMILES string of the molecule is O=C(O)c1ccccc1NS(=O)(=O)c1ccc2c(c1)CCCC2. The van der Waals surface area contributed by atoms with Crippen LogP contribution in [0.3, 0.4) is 0 Å². The Kier molecular flexibility index (Phi) is 4.09. The van der Waals surface area contributed by atoms with E-state index in [-0.39, 0.29) is 16.1 Å². The maximum atomic E-state index is 12.6. The third kappa shape index (κ3) is 3.22. The second-order valence-corrected chi connectivity index (χ2v) is 7.28. The van der Waals surface area contributed by atoms with E-state index in [4.69, 9.17) is 5.11 Å². The summed E-state index contributed by atoms with van der Waals surface area (Å²) in [5.74, 6) is -1.17. The molecule has 0 unspecified atom stereocenters. The average Bonchev–Trinajstić information content (AvgIpc) is 2.54. The lowest BCUT2D eigenvalue weighted by atomic mass is 9.92. The van der Waals surface area contributed by atoms with Crippen LogP contribution in [0.2, 0.25) is 0 Å². The molecule has 0 saturated carbocycles. The van der Waals surface area contributed by atoms with Crippen molar-refractivity contribution < 1.29 is 18.3 Å². The molecular weight excluding hydrogens is 314 g/mol. The van der Waals surface area contributed by atoms with E-state index in [1.54, 1.807) is 24.3 Å². The van der Waals surface area contributed by atoms with Gasteiger partial charge in [0, 0.05) is 0 Å². The van der Waals surface area contributed by atoms with Gasteiger partial charge in [-0.1, -0.05) is 18.2 Å². The molecule has 0 saturated heterocycles. The number of carboxylic acid groups (broad SMARTS) is 1. The highest BCUT2D eigenvalue weighted by Crippen LogP contribution is 2.26. The predicted octanol–water partition coefficient (Wildman–Crippen LogP) is 3.06. The predicted molar refractivity (Wildman–Crippen MR) is 87.3 cm³/mol. The number of carbonyl (C=O) groups is 1. The summed E-state index contributed by atoms with van der Waals surface area (Å²) in [6, 6.07) is 11.1. The van der Waals surface area contributed by atoms with Gasteiger partial charge in [-0.05, 0) is 61.1 Å². The zero-order valence-electron chi connectivity index (χ0n) is 12.5. The molecule has 1 aliphatic rings. The number of carboxylic acids is 1. The van der Waals surface area contributed by atoms with Crippen LogP contribution < -0.4 is 4.72 Å². The van der Waals surface area contributed by atoms with E-state index in [9.17, 15) is 13.2 Å². The van der Waals surface area contributed by atoms with Gasteiger partial charge >= 0.3 is 5.97 Å². The Morgan fingerprint density at radius 1 is 1.00 bits per heavy atom. The van der Waals surface area contributed by atoms with Crippen LogP contribution >= 0.6 is 0 Å². The number of hydrogen-bond acceptors (Lipinski definition) is 3. The minimum absolute atomic E-state index is 0.0673. The highest BCUT2D eigenvalue weighted by molar-refractivity contribution is 7.92. The molecule has 1 aliphatic carbocycles. The zero-order chi connectivity index (χ0) is 16.4. The van der Waals surface area contributed by atoms with E-state index in [1.165, 1.54) is 17.7 Å². The summed E-state index contributed by atoms with van der Waals surface area (Å²) in [5, 5.41) is 9.16. The molecule has 3 rings (SSSR count). The van der Waals surface area contributed by atoms with E-state index in [1.807, 2.05) is 6.07 Å². The minimum atomic E-state index is -3.82. The first-order chi connectivity index (χ1) is 11.0. The number of para-hydroxylation sites is 1. The largest absolute Gasteiger partial charge is 0.478 e. The molecule has 0 fully saturated rings.